The molecule has 0 N–H and O–H groups in total. The van der Waals surface area contributed by atoms with Gasteiger partial charge in [0.1, 0.15) is 0 Å². The molecule has 15 heavy (non-hydrogen) atoms. The Bertz CT molecular complexity index is 208. The average molecular weight is 335 g/mol. The molecule has 0 aliphatic carbocycles. The Morgan fingerprint density at radius 2 is 1.27 bits per heavy atom. The van der Waals surface area contributed by atoms with Crippen molar-refractivity contribution in [2.45, 2.75) is 37.6 Å². The van der Waals surface area contributed by atoms with Crippen LogP contribution in [0.5, 0.6) is 0 Å². The number of halogens is 2. The fourth-order valence-corrected chi connectivity index (χ4v) is 2.37. The fourth-order valence-electron chi connectivity index (χ4n) is 1.03. The van der Waals surface area contributed by atoms with E-state index in [1.807, 2.05) is 0 Å². The first-order valence-corrected chi connectivity index (χ1v) is 10.8. The average Bonchev–Trinajstić information content (AvgIpc) is 2.20. The normalized spacial score (nSPS) is 13.4. The molecule has 0 fully saturated rings. The van der Waals surface area contributed by atoms with Crippen molar-refractivity contribution in [3.8, 4) is 0 Å². The quantitative estimate of drug-likeness (QED) is 0.309. The summed E-state index contributed by atoms with van der Waals surface area (Å²) in [5.41, 5.74) is 0. The van der Waals surface area contributed by atoms with E-state index >= 15 is 0 Å². The van der Waals surface area contributed by atoms with Crippen molar-refractivity contribution in [3.05, 3.63) is 36.5 Å². The van der Waals surface area contributed by atoms with Gasteiger partial charge in [0.2, 0.25) is 0 Å². The molecular formula is C12H19Cl2Ru. The van der Waals surface area contributed by atoms with E-state index in [0.717, 1.165) is 30.7 Å². The van der Waals surface area contributed by atoms with E-state index in [1.165, 1.54) is 0 Å². The standard InChI is InChI=1S/C12H19.2ClH.Ru/c1-3-5-7-9-11-12-10-8-6-4-2;;;/h3-6,11-12H,1,7-10H2,2H3;2*1H;/q;;;+2/p-2. The second-order valence-electron chi connectivity index (χ2n) is 3.05. The molecule has 0 amide bonds. The summed E-state index contributed by atoms with van der Waals surface area (Å²) < 4.78 is 0. The summed E-state index contributed by atoms with van der Waals surface area (Å²) in [4.78, 5) is 0. The van der Waals surface area contributed by atoms with E-state index in [4.69, 9.17) is 19.4 Å². The molecule has 0 aliphatic heterocycles. The number of unbranched alkanes of at least 4 members (excludes halogenated alkanes) is 2. The van der Waals surface area contributed by atoms with Crippen LogP contribution in [0.3, 0.4) is 0 Å². The molecule has 0 unspecified atom stereocenters. The van der Waals surface area contributed by atoms with Crippen molar-refractivity contribution < 1.29 is 14.0 Å². The molecule has 0 aromatic rings. The second-order valence-corrected chi connectivity index (χ2v) is 9.56. The van der Waals surface area contributed by atoms with Gasteiger partial charge in [0, 0.05) is 0 Å². The summed E-state index contributed by atoms with van der Waals surface area (Å²) in [6, 6.07) is 0. The van der Waals surface area contributed by atoms with Gasteiger partial charge in [-0.3, -0.25) is 0 Å². The molecule has 89 valence electrons. The van der Waals surface area contributed by atoms with Crippen molar-refractivity contribution in [1.82, 2.24) is 0 Å². The van der Waals surface area contributed by atoms with Crippen LogP contribution in [0.15, 0.2) is 36.5 Å². The zero-order valence-corrected chi connectivity index (χ0v) is 12.4. The fraction of sp³-hybridized carbons (Fsp3) is 0.500. The first kappa shape index (κ1) is 15.4. The molecule has 0 rings (SSSR count). The third kappa shape index (κ3) is 14.4. The van der Waals surface area contributed by atoms with Crippen LogP contribution in [0.2, 0.25) is 5.02 Å². The van der Waals surface area contributed by atoms with Gasteiger partial charge in [-0.25, -0.2) is 0 Å². The van der Waals surface area contributed by atoms with Crippen LogP contribution in [-0.4, -0.2) is 0 Å². The zero-order valence-electron chi connectivity index (χ0n) is 9.11. The van der Waals surface area contributed by atoms with E-state index < -0.39 is 14.0 Å². The van der Waals surface area contributed by atoms with Crippen molar-refractivity contribution in [3.63, 3.8) is 0 Å². The van der Waals surface area contributed by atoms with Gasteiger partial charge in [-0.05, 0) is 0 Å². The maximum absolute atomic E-state index is 5.73. The van der Waals surface area contributed by atoms with Crippen molar-refractivity contribution >= 4 is 19.4 Å². The maximum atomic E-state index is 5.73. The molecule has 0 nitrogen and oxygen atoms in total. The van der Waals surface area contributed by atoms with Crippen LogP contribution in [-0.2, 0) is 14.0 Å². The molecule has 0 atom stereocenters. The number of hydrogen-bond acceptors (Lipinski definition) is 0. The van der Waals surface area contributed by atoms with Gasteiger partial charge in [-0.15, -0.1) is 0 Å². The monoisotopic (exact) mass is 335 g/mol. The molecule has 3 heteroatoms. The van der Waals surface area contributed by atoms with E-state index in [0.29, 0.717) is 0 Å². The number of rotatable bonds is 8. The van der Waals surface area contributed by atoms with Crippen LogP contribution in [0.1, 0.15) is 32.6 Å². The van der Waals surface area contributed by atoms with E-state index in [2.05, 4.69) is 43.4 Å². The van der Waals surface area contributed by atoms with Crippen LogP contribution < -0.4 is 0 Å². The van der Waals surface area contributed by atoms with Crippen LogP contribution in [0.25, 0.3) is 0 Å². The van der Waals surface area contributed by atoms with Gasteiger partial charge in [0.15, 0.2) is 0 Å². The Balaban J connectivity index is 3.26. The Kier molecular flexibility index (Phi) is 12.8. The third-order valence-corrected chi connectivity index (χ3v) is 4.00. The van der Waals surface area contributed by atoms with Crippen molar-refractivity contribution in [2.75, 3.05) is 0 Å². The number of hydrogen-bond donors (Lipinski definition) is 0. The van der Waals surface area contributed by atoms with Gasteiger partial charge in [-0.1, -0.05) is 0 Å². The van der Waals surface area contributed by atoms with E-state index in [9.17, 15) is 0 Å². The first-order valence-electron chi connectivity index (χ1n) is 5.14. The Morgan fingerprint density at radius 1 is 0.800 bits per heavy atom. The van der Waals surface area contributed by atoms with Gasteiger partial charge in [0.25, 0.3) is 0 Å². The SMILES string of the molecule is CC=CCCC=CCCC=C[CH2][Ru]([Cl])[Cl]. The van der Waals surface area contributed by atoms with E-state index in [1.54, 1.807) is 0 Å². The molecular weight excluding hydrogens is 316 g/mol. The summed E-state index contributed by atoms with van der Waals surface area (Å²) >= 11 is -1.45. The first-order chi connectivity index (χ1) is 7.27. The molecule has 0 saturated heterocycles. The summed E-state index contributed by atoms with van der Waals surface area (Å²) in [5.74, 6) is 0. The van der Waals surface area contributed by atoms with Gasteiger partial charge in [0.05, 0.1) is 0 Å². The van der Waals surface area contributed by atoms with Crippen molar-refractivity contribution in [1.29, 1.82) is 0 Å². The summed E-state index contributed by atoms with van der Waals surface area (Å²) in [5, 5.41) is 0.888. The van der Waals surface area contributed by atoms with Gasteiger partial charge < -0.3 is 0 Å². The second kappa shape index (κ2) is 12.5. The van der Waals surface area contributed by atoms with Gasteiger partial charge in [-0.2, -0.15) is 0 Å². The molecule has 0 heterocycles. The minimum atomic E-state index is -1.45. The van der Waals surface area contributed by atoms with Crippen LogP contribution in [0.4, 0.5) is 0 Å². The topological polar surface area (TPSA) is 0 Å². The summed E-state index contributed by atoms with van der Waals surface area (Å²) in [7, 11) is 11.5. The Morgan fingerprint density at radius 3 is 1.73 bits per heavy atom. The Hall–Kier alpha value is 0.423. The van der Waals surface area contributed by atoms with Crippen LogP contribution >= 0.6 is 19.4 Å². The predicted octanol–water partition coefficient (Wildman–Crippen LogP) is 5.58. The third-order valence-electron chi connectivity index (χ3n) is 1.76. The molecule has 0 aromatic carbocycles. The molecule has 0 aromatic heterocycles. The summed E-state index contributed by atoms with van der Waals surface area (Å²) in [6.07, 6.45) is 17.5. The minimum absolute atomic E-state index is 0.888. The molecule has 0 radical (unpaired) electrons. The zero-order chi connectivity index (χ0) is 11.4. The molecule has 0 bridgehead atoms. The Labute approximate surface area is 107 Å². The van der Waals surface area contributed by atoms with Crippen molar-refractivity contribution in [2.24, 2.45) is 0 Å². The van der Waals surface area contributed by atoms with Gasteiger partial charge >= 0.3 is 107 Å². The molecule has 0 saturated carbocycles. The summed E-state index contributed by atoms with van der Waals surface area (Å²) in [6.45, 7) is 2.05. The molecule has 0 aliphatic rings. The predicted molar refractivity (Wildman–Crippen MR) is 68.1 cm³/mol. The number of allylic oxidation sites excluding steroid dienone is 6. The van der Waals surface area contributed by atoms with Crippen LogP contribution in [0, 0.1) is 0 Å². The molecule has 0 spiro atoms. The van der Waals surface area contributed by atoms with E-state index in [-0.39, 0.29) is 0 Å².